The largest absolute Gasteiger partial charge is 0.289 e. The zero-order valence-electron chi connectivity index (χ0n) is 9.21. The van der Waals surface area contributed by atoms with Gasteiger partial charge in [-0.15, -0.1) is 0 Å². The highest BCUT2D eigenvalue weighted by molar-refractivity contribution is 6.42. The Morgan fingerprint density at radius 2 is 1.65 bits per heavy atom. The number of carbonyl (C=O) groups excluding carboxylic acids is 1. The molecule has 2 aromatic carbocycles. The topological polar surface area (TPSA) is 17.1 Å². The van der Waals surface area contributed by atoms with Crippen LogP contribution in [0.25, 0.3) is 0 Å². The Labute approximate surface area is 110 Å². The monoisotopic (exact) mass is 264 g/mol. The second-order valence-electron chi connectivity index (χ2n) is 3.83. The lowest BCUT2D eigenvalue weighted by molar-refractivity contribution is 0.103. The van der Waals surface area contributed by atoms with Crippen molar-refractivity contribution in [2.45, 2.75) is 6.92 Å². The molecule has 0 aliphatic heterocycles. The Kier molecular flexibility index (Phi) is 3.51. The minimum absolute atomic E-state index is 0.0488. The smallest absolute Gasteiger partial charge is 0.193 e. The molecule has 17 heavy (non-hydrogen) atoms. The molecule has 0 aromatic heterocycles. The summed E-state index contributed by atoms with van der Waals surface area (Å²) in [4.78, 5) is 12.2. The van der Waals surface area contributed by atoms with Gasteiger partial charge >= 0.3 is 0 Å². The lowest BCUT2D eigenvalue weighted by Gasteiger charge is -2.03. The summed E-state index contributed by atoms with van der Waals surface area (Å²) in [5, 5.41) is 0.845. The highest BCUT2D eigenvalue weighted by atomic mass is 35.5. The van der Waals surface area contributed by atoms with E-state index in [1.165, 1.54) is 0 Å². The first-order valence-corrected chi connectivity index (χ1v) is 5.90. The molecule has 1 nitrogen and oxygen atoms in total. The maximum Gasteiger partial charge on any atom is 0.193 e. The van der Waals surface area contributed by atoms with Crippen LogP contribution in [0.1, 0.15) is 21.5 Å². The molecule has 0 spiro atoms. The van der Waals surface area contributed by atoms with Crippen LogP contribution in [-0.2, 0) is 0 Å². The minimum Gasteiger partial charge on any atom is -0.289 e. The van der Waals surface area contributed by atoms with Crippen molar-refractivity contribution in [2.75, 3.05) is 0 Å². The summed E-state index contributed by atoms with van der Waals surface area (Å²) in [7, 11) is 0. The van der Waals surface area contributed by atoms with Gasteiger partial charge in [0.05, 0.1) is 10.0 Å². The van der Waals surface area contributed by atoms with Gasteiger partial charge < -0.3 is 0 Å². The third kappa shape index (κ3) is 2.68. The zero-order valence-corrected chi connectivity index (χ0v) is 10.7. The second kappa shape index (κ2) is 4.91. The zero-order chi connectivity index (χ0) is 12.4. The van der Waals surface area contributed by atoms with E-state index < -0.39 is 0 Å². The molecule has 0 heterocycles. The highest BCUT2D eigenvalue weighted by Gasteiger charge is 2.10. The van der Waals surface area contributed by atoms with Gasteiger partial charge in [0, 0.05) is 11.1 Å². The molecular weight excluding hydrogens is 255 g/mol. The average molecular weight is 265 g/mol. The Bertz CT molecular complexity index is 576. The molecule has 0 aliphatic rings. The molecule has 0 saturated heterocycles. The van der Waals surface area contributed by atoms with E-state index in [2.05, 4.69) is 0 Å². The quantitative estimate of drug-likeness (QED) is 0.729. The predicted octanol–water partition coefficient (Wildman–Crippen LogP) is 4.53. The maximum atomic E-state index is 12.2. The molecule has 0 saturated carbocycles. The highest BCUT2D eigenvalue weighted by Crippen LogP contribution is 2.24. The van der Waals surface area contributed by atoms with E-state index >= 15 is 0 Å². The first kappa shape index (κ1) is 12.2. The molecule has 0 bridgehead atoms. The van der Waals surface area contributed by atoms with E-state index in [9.17, 15) is 4.79 Å². The van der Waals surface area contributed by atoms with Gasteiger partial charge in [-0.3, -0.25) is 4.79 Å². The predicted molar refractivity (Wildman–Crippen MR) is 71.1 cm³/mol. The third-order valence-electron chi connectivity index (χ3n) is 2.46. The van der Waals surface area contributed by atoms with E-state index in [1.54, 1.807) is 24.3 Å². The summed E-state index contributed by atoms with van der Waals surface area (Å²) < 4.78 is 0. The van der Waals surface area contributed by atoms with Crippen LogP contribution in [0.2, 0.25) is 10.0 Å². The van der Waals surface area contributed by atoms with Crippen molar-refractivity contribution < 1.29 is 4.79 Å². The number of ketones is 1. The fraction of sp³-hybridized carbons (Fsp3) is 0.0714. The van der Waals surface area contributed by atoms with Gasteiger partial charge in [0.15, 0.2) is 5.78 Å². The summed E-state index contributed by atoms with van der Waals surface area (Å²) in [5.74, 6) is -0.0488. The fourth-order valence-corrected chi connectivity index (χ4v) is 1.89. The van der Waals surface area contributed by atoms with Crippen molar-refractivity contribution in [3.8, 4) is 0 Å². The van der Waals surface area contributed by atoms with E-state index in [1.807, 2.05) is 25.1 Å². The third-order valence-corrected chi connectivity index (χ3v) is 3.20. The van der Waals surface area contributed by atoms with Crippen molar-refractivity contribution >= 4 is 29.0 Å². The minimum atomic E-state index is -0.0488. The molecule has 0 amide bonds. The number of aryl methyl sites for hydroxylation is 1. The number of benzene rings is 2. The number of hydrogen-bond acceptors (Lipinski definition) is 1. The van der Waals surface area contributed by atoms with Gasteiger partial charge in [0.25, 0.3) is 0 Å². The van der Waals surface area contributed by atoms with Crippen LogP contribution in [-0.4, -0.2) is 5.78 Å². The summed E-state index contributed by atoms with van der Waals surface area (Å²) in [5.41, 5.74) is 2.25. The van der Waals surface area contributed by atoms with Crippen molar-refractivity contribution in [3.63, 3.8) is 0 Å². The molecular formula is C14H10Cl2O. The Hall–Kier alpha value is -1.31. The van der Waals surface area contributed by atoms with E-state index in [0.717, 1.165) is 5.56 Å². The van der Waals surface area contributed by atoms with E-state index in [-0.39, 0.29) is 5.78 Å². The lowest BCUT2D eigenvalue weighted by atomic mass is 10.0. The average Bonchev–Trinajstić information content (AvgIpc) is 2.32. The van der Waals surface area contributed by atoms with Gasteiger partial charge in [0.2, 0.25) is 0 Å². The molecule has 0 atom stereocenters. The molecule has 2 aromatic rings. The molecule has 86 valence electrons. The molecule has 2 rings (SSSR count). The van der Waals surface area contributed by atoms with Gasteiger partial charge in [-0.1, -0.05) is 47.0 Å². The van der Waals surface area contributed by atoms with Gasteiger partial charge in [-0.2, -0.15) is 0 Å². The summed E-state index contributed by atoms with van der Waals surface area (Å²) in [6, 6.07) is 12.4. The second-order valence-corrected chi connectivity index (χ2v) is 4.64. The Morgan fingerprint density at radius 1 is 0.941 bits per heavy atom. The Balaban J connectivity index is 2.40. The van der Waals surface area contributed by atoms with Crippen LogP contribution >= 0.6 is 23.2 Å². The van der Waals surface area contributed by atoms with E-state index in [0.29, 0.717) is 21.2 Å². The van der Waals surface area contributed by atoms with Crippen molar-refractivity contribution in [3.05, 3.63) is 69.2 Å². The van der Waals surface area contributed by atoms with Gasteiger partial charge in [-0.25, -0.2) is 0 Å². The van der Waals surface area contributed by atoms with Crippen LogP contribution in [0.4, 0.5) is 0 Å². The molecule has 0 unspecified atom stereocenters. The van der Waals surface area contributed by atoms with Gasteiger partial charge in [0.1, 0.15) is 0 Å². The first-order chi connectivity index (χ1) is 8.08. The SMILES string of the molecule is Cc1cccc(C(=O)c2ccc(Cl)c(Cl)c2)c1. The van der Waals surface area contributed by atoms with Crippen LogP contribution in [0.3, 0.4) is 0 Å². The number of halogens is 2. The summed E-state index contributed by atoms with van der Waals surface area (Å²) in [6.45, 7) is 1.95. The van der Waals surface area contributed by atoms with Gasteiger partial charge in [-0.05, 0) is 31.2 Å². The molecule has 0 radical (unpaired) electrons. The fourth-order valence-electron chi connectivity index (χ4n) is 1.59. The maximum absolute atomic E-state index is 12.2. The Morgan fingerprint density at radius 3 is 2.29 bits per heavy atom. The van der Waals surface area contributed by atoms with Crippen LogP contribution in [0, 0.1) is 6.92 Å². The summed E-state index contributed by atoms with van der Waals surface area (Å²) >= 11 is 11.7. The van der Waals surface area contributed by atoms with E-state index in [4.69, 9.17) is 23.2 Å². The van der Waals surface area contributed by atoms with Crippen LogP contribution < -0.4 is 0 Å². The van der Waals surface area contributed by atoms with Crippen LogP contribution in [0.15, 0.2) is 42.5 Å². The first-order valence-electron chi connectivity index (χ1n) is 5.14. The van der Waals surface area contributed by atoms with Crippen molar-refractivity contribution in [2.24, 2.45) is 0 Å². The molecule has 0 fully saturated rings. The van der Waals surface area contributed by atoms with Crippen LogP contribution in [0.5, 0.6) is 0 Å². The molecule has 0 aliphatic carbocycles. The van der Waals surface area contributed by atoms with Crippen molar-refractivity contribution in [1.29, 1.82) is 0 Å². The number of rotatable bonds is 2. The normalized spacial score (nSPS) is 10.3. The van der Waals surface area contributed by atoms with Crippen molar-refractivity contribution in [1.82, 2.24) is 0 Å². The standard InChI is InChI=1S/C14H10Cl2O/c1-9-3-2-4-10(7-9)14(17)11-5-6-12(15)13(16)8-11/h2-8H,1H3. The number of hydrogen-bond donors (Lipinski definition) is 0. The number of carbonyl (C=O) groups is 1. The molecule has 0 N–H and O–H groups in total. The lowest BCUT2D eigenvalue weighted by Crippen LogP contribution is -2.01. The molecule has 3 heteroatoms. The summed E-state index contributed by atoms with van der Waals surface area (Å²) in [6.07, 6.45) is 0.